The molecule has 0 bridgehead atoms. The number of rotatable bonds is 0. The van der Waals surface area contributed by atoms with Crippen LogP contribution in [0.4, 0.5) is 9.59 Å². The first-order chi connectivity index (χ1) is 3.46. The molecule has 0 radical (unpaired) electrons. The molecule has 0 aliphatic carbocycles. The minimum Gasteiger partial charge on any atom is -0.652 e. The Labute approximate surface area is 127 Å². The zero-order valence-corrected chi connectivity index (χ0v) is 10.6. The molecule has 0 aromatic rings. The quantitative estimate of drug-likeness (QED) is 0.402. The van der Waals surface area contributed by atoms with Crippen molar-refractivity contribution in [2.24, 2.45) is 0 Å². The Morgan fingerprint density at radius 3 is 0.727 bits per heavy atom. The zero-order chi connectivity index (χ0) is 7.15. The van der Waals surface area contributed by atoms with E-state index >= 15 is 0 Å². The van der Waals surface area contributed by atoms with Gasteiger partial charge in [-0.15, -0.1) is 0 Å². The number of carbonyl (C=O) groups is 2. The van der Waals surface area contributed by atoms with E-state index in [4.69, 9.17) is 30.0 Å². The zero-order valence-electron chi connectivity index (χ0n) is 6.16. The van der Waals surface area contributed by atoms with E-state index in [2.05, 4.69) is 0 Å². The fourth-order valence-electron chi connectivity index (χ4n) is 0. The Morgan fingerprint density at radius 2 is 0.727 bits per heavy atom. The first-order valence-corrected chi connectivity index (χ1v) is 1.22. The number of hydrogen-bond acceptors (Lipinski definition) is 6. The van der Waals surface area contributed by atoms with Crippen molar-refractivity contribution < 1.29 is 67.7 Å². The van der Waals surface area contributed by atoms with Gasteiger partial charge in [-0.3, -0.25) is 0 Å². The Bertz CT molecular complexity index is 76.6. The molecule has 0 amide bonds. The standard InChI is InChI=1S/2CH2O3.Ba.2Li/c2*2-1(3)4;;;/h2*(H2,2,3,4);;;/q;;+2;2*+1/p-4. The summed E-state index contributed by atoms with van der Waals surface area (Å²) in [6, 6.07) is 0. The smallest absolute Gasteiger partial charge is 0.652 e. The van der Waals surface area contributed by atoms with Crippen molar-refractivity contribution in [3.8, 4) is 0 Å². The van der Waals surface area contributed by atoms with Crippen molar-refractivity contribution in [2.75, 3.05) is 0 Å². The van der Waals surface area contributed by atoms with Gasteiger partial charge in [-0.05, 0) is 12.3 Å². The molecule has 0 aromatic carbocycles. The summed E-state index contributed by atoms with van der Waals surface area (Å²) in [5, 5.41) is 33.3. The molecule has 0 saturated carbocycles. The molecule has 0 fully saturated rings. The van der Waals surface area contributed by atoms with Gasteiger partial charge in [-0.25, -0.2) is 0 Å². The van der Waals surface area contributed by atoms with Gasteiger partial charge in [0.1, 0.15) is 0 Å². The van der Waals surface area contributed by atoms with Crippen LogP contribution in [0.2, 0.25) is 0 Å². The molecule has 0 saturated heterocycles. The van der Waals surface area contributed by atoms with Crippen molar-refractivity contribution in [3.05, 3.63) is 0 Å². The van der Waals surface area contributed by atoms with Crippen molar-refractivity contribution in [3.63, 3.8) is 0 Å². The second-order valence-electron chi connectivity index (χ2n) is 0.500. The molecule has 0 unspecified atom stereocenters. The van der Waals surface area contributed by atoms with E-state index in [1.165, 1.54) is 0 Å². The van der Waals surface area contributed by atoms with Crippen LogP contribution in [0.1, 0.15) is 0 Å². The number of carbonyl (C=O) groups excluding carboxylic acids is 2. The van der Waals surface area contributed by atoms with Gasteiger partial charge in [-0.2, -0.15) is 0 Å². The SMILES string of the molecule is O=C([O-])[O-].O=C([O-])[O-].[Ba+2].[Li+].[Li+]. The summed E-state index contributed by atoms with van der Waals surface area (Å²) in [7, 11) is 0. The summed E-state index contributed by atoms with van der Waals surface area (Å²) in [5.74, 6) is 0. The van der Waals surface area contributed by atoms with Gasteiger partial charge in [-0.1, -0.05) is 0 Å². The van der Waals surface area contributed by atoms with Crippen molar-refractivity contribution in [1.29, 1.82) is 0 Å². The van der Waals surface area contributed by atoms with Crippen LogP contribution in [0.25, 0.3) is 0 Å². The fourth-order valence-corrected chi connectivity index (χ4v) is 0. The number of carboxylic acid groups (broad SMARTS) is 4. The molecule has 0 aliphatic rings. The summed E-state index contributed by atoms with van der Waals surface area (Å²) >= 11 is 0. The van der Waals surface area contributed by atoms with Crippen molar-refractivity contribution in [2.45, 2.75) is 0 Å². The van der Waals surface area contributed by atoms with E-state index in [1.54, 1.807) is 0 Å². The van der Waals surface area contributed by atoms with E-state index in [0.29, 0.717) is 0 Å². The van der Waals surface area contributed by atoms with Gasteiger partial charge < -0.3 is 30.0 Å². The summed E-state index contributed by atoms with van der Waals surface area (Å²) in [6.45, 7) is 0. The van der Waals surface area contributed by atoms with Gasteiger partial charge >= 0.3 is 86.6 Å². The number of hydrogen-bond donors (Lipinski definition) is 0. The van der Waals surface area contributed by atoms with Crippen LogP contribution in [0.5, 0.6) is 0 Å². The first kappa shape index (κ1) is 29.5. The molecule has 0 rings (SSSR count). The summed E-state index contributed by atoms with van der Waals surface area (Å²) in [5.41, 5.74) is 0. The normalized spacial score (nSPS) is 4.36. The average Bonchev–Trinajstić information content (AvgIpc) is 1.25. The van der Waals surface area contributed by atoms with Crippen LogP contribution in [0, 0.1) is 0 Å². The predicted octanol–water partition coefficient (Wildman–Crippen LogP) is -11.3. The van der Waals surface area contributed by atoms with Gasteiger partial charge in [0.2, 0.25) is 0 Å². The largest absolute Gasteiger partial charge is 2.00 e. The summed E-state index contributed by atoms with van der Waals surface area (Å²) in [6.07, 6.45) is -4.67. The molecule has 48 valence electrons. The molecule has 11 heavy (non-hydrogen) atoms. The Kier molecular flexibility index (Phi) is 60.3. The van der Waals surface area contributed by atoms with Gasteiger partial charge in [0, 0.05) is 0 Å². The summed E-state index contributed by atoms with van der Waals surface area (Å²) in [4.78, 5) is 16.7. The van der Waals surface area contributed by atoms with Crippen molar-refractivity contribution in [1.82, 2.24) is 0 Å². The van der Waals surface area contributed by atoms with Crippen LogP contribution in [-0.4, -0.2) is 61.2 Å². The first-order valence-electron chi connectivity index (χ1n) is 1.22. The molecule has 0 atom stereocenters. The van der Waals surface area contributed by atoms with E-state index in [1.807, 2.05) is 0 Å². The van der Waals surface area contributed by atoms with Crippen LogP contribution in [-0.2, 0) is 0 Å². The second kappa shape index (κ2) is 22.5. The van der Waals surface area contributed by atoms with Crippen LogP contribution >= 0.6 is 0 Å². The summed E-state index contributed by atoms with van der Waals surface area (Å²) < 4.78 is 0. The van der Waals surface area contributed by atoms with Crippen LogP contribution in [0.3, 0.4) is 0 Å². The van der Waals surface area contributed by atoms with Gasteiger partial charge in [0.25, 0.3) is 0 Å². The Morgan fingerprint density at radius 1 is 0.727 bits per heavy atom. The van der Waals surface area contributed by atoms with Gasteiger partial charge in [0.15, 0.2) is 0 Å². The molecule has 0 spiro atoms. The maximum atomic E-state index is 8.33. The van der Waals surface area contributed by atoms with E-state index in [9.17, 15) is 0 Å². The monoisotopic (exact) mass is 272 g/mol. The molecule has 0 aromatic heterocycles. The van der Waals surface area contributed by atoms with Crippen LogP contribution in [0.15, 0.2) is 0 Å². The van der Waals surface area contributed by atoms with E-state index in [0.717, 1.165) is 0 Å². The molecule has 9 heteroatoms. The molecule has 0 heterocycles. The molecule has 6 nitrogen and oxygen atoms in total. The van der Waals surface area contributed by atoms with Crippen LogP contribution < -0.4 is 58.1 Å². The molecular weight excluding hydrogens is 271 g/mol. The molecular formula is C2BaLi2O6. The third-order valence-corrected chi connectivity index (χ3v) is 0. The van der Waals surface area contributed by atoms with E-state index < -0.39 is 12.3 Å². The third kappa shape index (κ3) is 574. The third-order valence-electron chi connectivity index (χ3n) is 0. The maximum absolute atomic E-state index is 8.33. The second-order valence-corrected chi connectivity index (χ2v) is 0.500. The Balaban J connectivity index is -0.0000000171. The Hall–Kier alpha value is 1.31. The van der Waals surface area contributed by atoms with Gasteiger partial charge in [0.05, 0.1) is 0 Å². The predicted molar refractivity (Wildman–Crippen MR) is 16.5 cm³/mol. The topological polar surface area (TPSA) is 126 Å². The average molecular weight is 271 g/mol. The minimum atomic E-state index is -2.33. The fraction of sp³-hybridized carbons (Fsp3) is 0. The molecule has 0 aliphatic heterocycles. The minimum absolute atomic E-state index is 0. The maximum Gasteiger partial charge on any atom is 2.00 e. The molecule has 0 N–H and O–H groups in total. The van der Waals surface area contributed by atoms with E-state index in [-0.39, 0.29) is 86.6 Å². The van der Waals surface area contributed by atoms with Crippen molar-refractivity contribution >= 4 is 61.2 Å².